The number of hydrogen-bond donors (Lipinski definition) is 0. The molecule has 0 spiro atoms. The van der Waals surface area contributed by atoms with Gasteiger partial charge in [0.05, 0.1) is 24.2 Å². The van der Waals surface area contributed by atoms with Crippen LogP contribution >= 0.6 is 0 Å². The molecule has 0 aromatic heterocycles. The van der Waals surface area contributed by atoms with E-state index in [1.807, 2.05) is 37.9 Å². The minimum atomic E-state index is -0.274. The summed E-state index contributed by atoms with van der Waals surface area (Å²) in [5.74, 6) is -0.274. The number of carbonyl (C=O) groups excluding carboxylic acids is 1. The van der Waals surface area contributed by atoms with Gasteiger partial charge in [-0.3, -0.25) is 0 Å². The SMILES string of the molecule is CCOC(=O)c1cc(C)c(/N=C/N(C)CC)cc1C. The molecule has 0 aliphatic carbocycles. The Hall–Kier alpha value is -1.84. The molecule has 19 heavy (non-hydrogen) atoms. The molecule has 0 N–H and O–H groups in total. The number of hydrogen-bond acceptors (Lipinski definition) is 3. The Bertz CT molecular complexity index is 481. The van der Waals surface area contributed by atoms with Crippen LogP contribution in [0.2, 0.25) is 0 Å². The van der Waals surface area contributed by atoms with Crippen molar-refractivity contribution in [1.29, 1.82) is 0 Å². The molecular formula is C15H22N2O2. The summed E-state index contributed by atoms with van der Waals surface area (Å²) in [5.41, 5.74) is 3.35. The van der Waals surface area contributed by atoms with Crippen LogP contribution in [0.5, 0.6) is 0 Å². The van der Waals surface area contributed by atoms with E-state index in [4.69, 9.17) is 4.74 Å². The Kier molecular flexibility index (Phi) is 5.55. The zero-order chi connectivity index (χ0) is 14.4. The molecule has 0 saturated heterocycles. The second-order valence-corrected chi connectivity index (χ2v) is 4.49. The number of nitrogens with zero attached hydrogens (tertiary/aromatic N) is 2. The van der Waals surface area contributed by atoms with Crippen molar-refractivity contribution >= 4 is 18.0 Å². The maximum Gasteiger partial charge on any atom is 0.338 e. The molecule has 1 aromatic carbocycles. The first-order valence-corrected chi connectivity index (χ1v) is 6.52. The average molecular weight is 262 g/mol. The molecule has 0 unspecified atom stereocenters. The molecule has 0 fully saturated rings. The van der Waals surface area contributed by atoms with Crippen molar-refractivity contribution < 1.29 is 9.53 Å². The number of ether oxygens (including phenoxy) is 1. The summed E-state index contributed by atoms with van der Waals surface area (Å²) in [5, 5.41) is 0. The smallest absolute Gasteiger partial charge is 0.338 e. The van der Waals surface area contributed by atoms with E-state index < -0.39 is 0 Å². The Labute approximate surface area is 115 Å². The van der Waals surface area contributed by atoms with Crippen molar-refractivity contribution in [2.75, 3.05) is 20.2 Å². The lowest BCUT2D eigenvalue weighted by Gasteiger charge is -2.11. The van der Waals surface area contributed by atoms with Crippen LogP contribution in [0.3, 0.4) is 0 Å². The van der Waals surface area contributed by atoms with Gasteiger partial charge in [-0.05, 0) is 51.0 Å². The lowest BCUT2D eigenvalue weighted by molar-refractivity contribution is 0.0525. The monoisotopic (exact) mass is 262 g/mol. The van der Waals surface area contributed by atoms with Crippen molar-refractivity contribution in [2.24, 2.45) is 4.99 Å². The van der Waals surface area contributed by atoms with Crippen molar-refractivity contribution in [2.45, 2.75) is 27.7 Å². The molecule has 0 saturated carbocycles. The van der Waals surface area contributed by atoms with Gasteiger partial charge in [0.15, 0.2) is 0 Å². The number of aryl methyl sites for hydroxylation is 2. The van der Waals surface area contributed by atoms with Crippen LogP contribution in [0.4, 0.5) is 5.69 Å². The van der Waals surface area contributed by atoms with Gasteiger partial charge in [0.25, 0.3) is 0 Å². The predicted molar refractivity (Wildman–Crippen MR) is 78.3 cm³/mol. The van der Waals surface area contributed by atoms with E-state index in [1.165, 1.54) is 0 Å². The van der Waals surface area contributed by atoms with Gasteiger partial charge in [0.1, 0.15) is 0 Å². The molecule has 4 heteroatoms. The fourth-order valence-electron chi connectivity index (χ4n) is 1.61. The molecule has 0 amide bonds. The standard InChI is InChI=1S/C15H22N2O2/c1-6-17(5)10-16-14-9-11(3)13(8-12(14)4)15(18)19-7-2/h8-10H,6-7H2,1-5H3/b16-10+. The first-order valence-electron chi connectivity index (χ1n) is 6.52. The van der Waals surface area contributed by atoms with Crippen LogP contribution < -0.4 is 0 Å². The van der Waals surface area contributed by atoms with Crippen LogP contribution in [-0.4, -0.2) is 37.4 Å². The number of esters is 1. The van der Waals surface area contributed by atoms with Crippen molar-refractivity contribution in [3.8, 4) is 0 Å². The third-order valence-electron chi connectivity index (χ3n) is 2.93. The third-order valence-corrected chi connectivity index (χ3v) is 2.93. The molecule has 0 aliphatic rings. The largest absolute Gasteiger partial charge is 0.462 e. The lowest BCUT2D eigenvalue weighted by atomic mass is 10.0. The van der Waals surface area contributed by atoms with E-state index in [9.17, 15) is 4.79 Å². The second kappa shape index (κ2) is 6.92. The molecular weight excluding hydrogens is 240 g/mol. The molecule has 1 aromatic rings. The van der Waals surface area contributed by atoms with Crippen LogP contribution in [0.1, 0.15) is 35.3 Å². The Balaban J connectivity index is 3.03. The minimum absolute atomic E-state index is 0.274. The van der Waals surface area contributed by atoms with E-state index in [0.717, 1.165) is 23.4 Å². The Morgan fingerprint density at radius 1 is 1.32 bits per heavy atom. The van der Waals surface area contributed by atoms with Crippen LogP contribution in [-0.2, 0) is 4.74 Å². The zero-order valence-electron chi connectivity index (χ0n) is 12.4. The van der Waals surface area contributed by atoms with Gasteiger partial charge < -0.3 is 9.64 Å². The summed E-state index contributed by atoms with van der Waals surface area (Å²) in [7, 11) is 1.97. The molecule has 1 rings (SSSR count). The van der Waals surface area contributed by atoms with Gasteiger partial charge in [0, 0.05) is 13.6 Å². The predicted octanol–water partition coefficient (Wildman–Crippen LogP) is 3.09. The van der Waals surface area contributed by atoms with Gasteiger partial charge in [-0.2, -0.15) is 0 Å². The molecule has 0 heterocycles. The highest BCUT2D eigenvalue weighted by atomic mass is 16.5. The zero-order valence-corrected chi connectivity index (χ0v) is 12.4. The first kappa shape index (κ1) is 15.2. The molecule has 0 aliphatic heterocycles. The maximum absolute atomic E-state index is 11.8. The highest BCUT2D eigenvalue weighted by molar-refractivity contribution is 5.92. The Morgan fingerprint density at radius 2 is 2.00 bits per heavy atom. The first-order chi connectivity index (χ1) is 8.99. The fraction of sp³-hybridized carbons (Fsp3) is 0.467. The van der Waals surface area contributed by atoms with Gasteiger partial charge in [-0.25, -0.2) is 9.79 Å². The number of rotatable bonds is 5. The summed E-state index contributed by atoms with van der Waals surface area (Å²) in [6.45, 7) is 9.00. The average Bonchev–Trinajstić information content (AvgIpc) is 2.39. The van der Waals surface area contributed by atoms with Crippen molar-refractivity contribution in [3.05, 3.63) is 28.8 Å². The minimum Gasteiger partial charge on any atom is -0.462 e. The number of benzene rings is 1. The topological polar surface area (TPSA) is 41.9 Å². The van der Waals surface area contributed by atoms with Crippen molar-refractivity contribution in [1.82, 2.24) is 4.90 Å². The lowest BCUT2D eigenvalue weighted by Crippen LogP contribution is -2.14. The number of aliphatic imine (C=N–C) groups is 1. The molecule has 0 radical (unpaired) electrons. The fourth-order valence-corrected chi connectivity index (χ4v) is 1.61. The van der Waals surface area contributed by atoms with Crippen LogP contribution in [0.25, 0.3) is 0 Å². The van der Waals surface area contributed by atoms with E-state index >= 15 is 0 Å². The van der Waals surface area contributed by atoms with E-state index in [1.54, 1.807) is 13.3 Å². The molecule has 0 atom stereocenters. The normalized spacial score (nSPS) is 10.8. The van der Waals surface area contributed by atoms with Crippen LogP contribution in [0.15, 0.2) is 17.1 Å². The highest BCUT2D eigenvalue weighted by Gasteiger charge is 2.12. The molecule has 4 nitrogen and oxygen atoms in total. The summed E-state index contributed by atoms with van der Waals surface area (Å²) in [4.78, 5) is 18.2. The van der Waals surface area contributed by atoms with Crippen LogP contribution in [0, 0.1) is 13.8 Å². The molecule has 104 valence electrons. The van der Waals surface area contributed by atoms with Gasteiger partial charge in [-0.1, -0.05) is 0 Å². The third kappa shape index (κ3) is 4.09. The summed E-state index contributed by atoms with van der Waals surface area (Å²) in [6.07, 6.45) is 1.80. The summed E-state index contributed by atoms with van der Waals surface area (Å²) >= 11 is 0. The molecule has 0 bridgehead atoms. The van der Waals surface area contributed by atoms with E-state index in [2.05, 4.69) is 11.9 Å². The van der Waals surface area contributed by atoms with E-state index in [0.29, 0.717) is 12.2 Å². The van der Waals surface area contributed by atoms with Gasteiger partial charge >= 0.3 is 5.97 Å². The van der Waals surface area contributed by atoms with Gasteiger partial charge in [0.2, 0.25) is 0 Å². The summed E-state index contributed by atoms with van der Waals surface area (Å²) < 4.78 is 5.03. The Morgan fingerprint density at radius 3 is 2.58 bits per heavy atom. The number of carbonyl (C=O) groups is 1. The summed E-state index contributed by atoms with van der Waals surface area (Å²) in [6, 6.07) is 3.76. The van der Waals surface area contributed by atoms with Gasteiger partial charge in [-0.15, -0.1) is 0 Å². The van der Waals surface area contributed by atoms with E-state index in [-0.39, 0.29) is 5.97 Å². The maximum atomic E-state index is 11.8. The van der Waals surface area contributed by atoms with Crippen molar-refractivity contribution in [3.63, 3.8) is 0 Å². The highest BCUT2D eigenvalue weighted by Crippen LogP contribution is 2.23. The quantitative estimate of drug-likeness (QED) is 0.465. The second-order valence-electron chi connectivity index (χ2n) is 4.49.